The van der Waals surface area contributed by atoms with Gasteiger partial charge in [0.05, 0.1) is 11.7 Å². The third-order valence-corrected chi connectivity index (χ3v) is 2.44. The summed E-state index contributed by atoms with van der Waals surface area (Å²) in [5.74, 6) is 0.176. The molecule has 13 heavy (non-hydrogen) atoms. The van der Waals surface area contributed by atoms with Crippen LogP contribution in [0.25, 0.3) is 0 Å². The number of Topliss-reactive ketones (excluding diaryl/α,β-unsaturated/α-hetero) is 1. The zero-order valence-corrected chi connectivity index (χ0v) is 7.53. The molecule has 0 N–H and O–H groups in total. The minimum atomic E-state index is -0.102. The zero-order chi connectivity index (χ0) is 9.42. The summed E-state index contributed by atoms with van der Waals surface area (Å²) in [6.45, 7) is 5.59. The van der Waals surface area contributed by atoms with Gasteiger partial charge in [-0.2, -0.15) is 0 Å². The topological polar surface area (TPSA) is 20.3 Å². The molecule has 0 bridgehead atoms. The van der Waals surface area contributed by atoms with Crippen molar-refractivity contribution in [1.29, 1.82) is 0 Å². The van der Waals surface area contributed by atoms with Crippen molar-refractivity contribution in [3.8, 4) is 0 Å². The standard InChI is InChI=1S/C11H11NO/c1-3-12-8(2)11(13)9-6-4-5-7-10(9)12/h3-8H,1H2,2H3. The molecular formula is C11H11NO. The molecule has 2 nitrogen and oxygen atoms in total. The Labute approximate surface area is 77.5 Å². The lowest BCUT2D eigenvalue weighted by Crippen LogP contribution is -2.27. The van der Waals surface area contributed by atoms with E-state index in [-0.39, 0.29) is 11.8 Å². The van der Waals surface area contributed by atoms with Crippen molar-refractivity contribution in [2.75, 3.05) is 4.90 Å². The van der Waals surface area contributed by atoms with E-state index in [1.165, 1.54) is 0 Å². The van der Waals surface area contributed by atoms with Crippen LogP contribution in [0.2, 0.25) is 0 Å². The molecule has 0 saturated carbocycles. The third-order valence-electron chi connectivity index (χ3n) is 2.44. The van der Waals surface area contributed by atoms with Crippen LogP contribution < -0.4 is 4.90 Å². The summed E-state index contributed by atoms with van der Waals surface area (Å²) >= 11 is 0. The Hall–Kier alpha value is -1.57. The monoisotopic (exact) mass is 173 g/mol. The summed E-state index contributed by atoms with van der Waals surface area (Å²) < 4.78 is 0. The molecule has 0 spiro atoms. The highest BCUT2D eigenvalue weighted by atomic mass is 16.1. The second-order valence-electron chi connectivity index (χ2n) is 3.15. The summed E-state index contributed by atoms with van der Waals surface area (Å²) in [5.41, 5.74) is 1.77. The van der Waals surface area contributed by atoms with E-state index in [0.29, 0.717) is 0 Å². The van der Waals surface area contributed by atoms with E-state index in [9.17, 15) is 4.79 Å². The van der Waals surface area contributed by atoms with Gasteiger partial charge in [-0.1, -0.05) is 18.7 Å². The van der Waals surface area contributed by atoms with Crippen LogP contribution in [0.3, 0.4) is 0 Å². The van der Waals surface area contributed by atoms with Gasteiger partial charge < -0.3 is 4.90 Å². The Morgan fingerprint density at radius 1 is 1.46 bits per heavy atom. The van der Waals surface area contributed by atoms with Gasteiger partial charge in [-0.25, -0.2) is 0 Å². The molecule has 1 aromatic carbocycles. The first kappa shape index (κ1) is 8.05. The molecule has 1 heterocycles. The maximum Gasteiger partial charge on any atom is 0.187 e. The number of anilines is 1. The SMILES string of the molecule is C=CN1c2ccccc2C(=O)C1C. The van der Waals surface area contributed by atoms with Crippen LogP contribution in [0.15, 0.2) is 37.0 Å². The maximum absolute atomic E-state index is 11.7. The van der Waals surface area contributed by atoms with Crippen molar-refractivity contribution in [3.05, 3.63) is 42.6 Å². The van der Waals surface area contributed by atoms with Gasteiger partial charge in [-0.3, -0.25) is 4.79 Å². The summed E-state index contributed by atoms with van der Waals surface area (Å²) in [6.07, 6.45) is 1.70. The molecule has 1 aliphatic rings. The molecular weight excluding hydrogens is 162 g/mol. The van der Waals surface area contributed by atoms with Crippen molar-refractivity contribution in [2.45, 2.75) is 13.0 Å². The zero-order valence-electron chi connectivity index (χ0n) is 7.53. The molecule has 0 radical (unpaired) electrons. The van der Waals surface area contributed by atoms with Gasteiger partial charge in [0.25, 0.3) is 0 Å². The number of carbonyl (C=O) groups is 1. The van der Waals surface area contributed by atoms with Crippen LogP contribution in [0.1, 0.15) is 17.3 Å². The van der Waals surface area contributed by atoms with Crippen LogP contribution >= 0.6 is 0 Å². The molecule has 1 aromatic rings. The normalized spacial score (nSPS) is 20.2. The molecule has 1 unspecified atom stereocenters. The lowest BCUT2D eigenvalue weighted by Gasteiger charge is -2.17. The molecule has 2 heteroatoms. The summed E-state index contributed by atoms with van der Waals surface area (Å²) in [6, 6.07) is 7.52. The smallest absolute Gasteiger partial charge is 0.187 e. The van der Waals surface area contributed by atoms with Gasteiger partial charge in [-0.15, -0.1) is 0 Å². The van der Waals surface area contributed by atoms with Crippen LogP contribution in [0.4, 0.5) is 5.69 Å². The molecule has 1 aliphatic heterocycles. The number of benzene rings is 1. The fraction of sp³-hybridized carbons (Fsp3) is 0.182. The second kappa shape index (κ2) is 2.73. The first-order chi connectivity index (χ1) is 6.25. The highest BCUT2D eigenvalue weighted by Gasteiger charge is 2.31. The molecule has 2 rings (SSSR count). The van der Waals surface area contributed by atoms with Gasteiger partial charge in [0, 0.05) is 5.56 Å². The van der Waals surface area contributed by atoms with Crippen molar-refractivity contribution in [3.63, 3.8) is 0 Å². The van der Waals surface area contributed by atoms with E-state index in [0.717, 1.165) is 11.3 Å². The number of rotatable bonds is 1. The minimum absolute atomic E-state index is 0.102. The highest BCUT2D eigenvalue weighted by molar-refractivity contribution is 6.11. The Morgan fingerprint density at radius 2 is 2.15 bits per heavy atom. The molecule has 0 aromatic heterocycles. The second-order valence-corrected chi connectivity index (χ2v) is 3.15. The lowest BCUT2D eigenvalue weighted by atomic mass is 10.1. The average molecular weight is 173 g/mol. The van der Waals surface area contributed by atoms with Crippen LogP contribution in [-0.4, -0.2) is 11.8 Å². The largest absolute Gasteiger partial charge is 0.337 e. The molecule has 0 fully saturated rings. The molecule has 0 aliphatic carbocycles. The van der Waals surface area contributed by atoms with Gasteiger partial charge in [-0.05, 0) is 25.3 Å². The first-order valence-corrected chi connectivity index (χ1v) is 4.30. The molecule has 66 valence electrons. The predicted molar refractivity (Wildman–Crippen MR) is 52.9 cm³/mol. The van der Waals surface area contributed by atoms with E-state index in [2.05, 4.69) is 6.58 Å². The Kier molecular flexibility index (Phi) is 1.69. The molecule has 0 amide bonds. The Balaban J connectivity index is 2.59. The van der Waals surface area contributed by atoms with Gasteiger partial charge in [0.15, 0.2) is 5.78 Å². The quantitative estimate of drug-likeness (QED) is 0.649. The predicted octanol–water partition coefficient (Wildman–Crippen LogP) is 2.22. The van der Waals surface area contributed by atoms with Gasteiger partial charge in [0.2, 0.25) is 0 Å². The van der Waals surface area contributed by atoms with Crippen molar-refractivity contribution in [1.82, 2.24) is 0 Å². The number of nitrogens with zero attached hydrogens (tertiary/aromatic N) is 1. The number of fused-ring (bicyclic) bond motifs is 1. The number of ketones is 1. The number of hydrogen-bond donors (Lipinski definition) is 0. The first-order valence-electron chi connectivity index (χ1n) is 4.30. The maximum atomic E-state index is 11.7. The van der Waals surface area contributed by atoms with Crippen LogP contribution in [-0.2, 0) is 0 Å². The molecule has 1 atom stereocenters. The van der Waals surface area contributed by atoms with Crippen molar-refractivity contribution < 1.29 is 4.79 Å². The summed E-state index contributed by atoms with van der Waals surface area (Å²) in [5, 5.41) is 0. The van der Waals surface area contributed by atoms with Crippen molar-refractivity contribution in [2.24, 2.45) is 0 Å². The fourth-order valence-electron chi connectivity index (χ4n) is 1.72. The summed E-state index contributed by atoms with van der Waals surface area (Å²) in [7, 11) is 0. The number of hydrogen-bond acceptors (Lipinski definition) is 2. The average Bonchev–Trinajstić information content (AvgIpc) is 2.41. The summed E-state index contributed by atoms with van der Waals surface area (Å²) in [4.78, 5) is 13.6. The Morgan fingerprint density at radius 3 is 2.85 bits per heavy atom. The van der Waals surface area contributed by atoms with E-state index in [1.807, 2.05) is 36.1 Å². The van der Waals surface area contributed by atoms with E-state index < -0.39 is 0 Å². The van der Waals surface area contributed by atoms with Crippen molar-refractivity contribution >= 4 is 11.5 Å². The lowest BCUT2D eigenvalue weighted by molar-refractivity contribution is 0.0979. The highest BCUT2D eigenvalue weighted by Crippen LogP contribution is 2.31. The van der Waals surface area contributed by atoms with E-state index in [1.54, 1.807) is 6.20 Å². The van der Waals surface area contributed by atoms with E-state index in [4.69, 9.17) is 0 Å². The molecule has 0 saturated heterocycles. The fourth-order valence-corrected chi connectivity index (χ4v) is 1.72. The number of carbonyl (C=O) groups excluding carboxylic acids is 1. The van der Waals surface area contributed by atoms with Crippen LogP contribution in [0.5, 0.6) is 0 Å². The van der Waals surface area contributed by atoms with Gasteiger partial charge >= 0.3 is 0 Å². The third kappa shape index (κ3) is 0.985. The van der Waals surface area contributed by atoms with E-state index >= 15 is 0 Å². The number of para-hydroxylation sites is 1. The Bertz CT molecular complexity index is 370. The van der Waals surface area contributed by atoms with Crippen LogP contribution in [0, 0.1) is 0 Å². The minimum Gasteiger partial charge on any atom is -0.337 e. The van der Waals surface area contributed by atoms with Gasteiger partial charge in [0.1, 0.15) is 0 Å².